The fourth-order valence-electron chi connectivity index (χ4n) is 3.26. The molecule has 0 aliphatic carbocycles. The molecule has 2 aromatic carbocycles. The third-order valence-corrected chi connectivity index (χ3v) is 4.57. The van der Waals surface area contributed by atoms with Crippen LogP contribution in [0.15, 0.2) is 36.4 Å². The van der Waals surface area contributed by atoms with Gasteiger partial charge in [-0.2, -0.15) is 0 Å². The Kier molecular flexibility index (Phi) is 5.63. The largest absolute Gasteiger partial charge is 0.356 e. The number of carbonyl (C=O) groups is 3. The number of nitrogens with zero attached hydrogens (tertiary/aromatic N) is 1. The van der Waals surface area contributed by atoms with Gasteiger partial charge in [0.15, 0.2) is 0 Å². The van der Waals surface area contributed by atoms with Crippen LogP contribution in [0.1, 0.15) is 40.0 Å². The van der Waals surface area contributed by atoms with E-state index in [1.165, 1.54) is 4.90 Å². The highest BCUT2D eigenvalue weighted by Gasteiger charge is 2.32. The summed E-state index contributed by atoms with van der Waals surface area (Å²) in [6.45, 7) is 1.71. The molecular formula is C20H23N3O3. The van der Waals surface area contributed by atoms with Gasteiger partial charge in [0.1, 0.15) is 0 Å². The lowest BCUT2D eigenvalue weighted by Crippen LogP contribution is -2.41. The predicted molar refractivity (Wildman–Crippen MR) is 100 cm³/mol. The van der Waals surface area contributed by atoms with Gasteiger partial charge in [-0.3, -0.25) is 19.3 Å². The third-order valence-electron chi connectivity index (χ3n) is 4.57. The van der Waals surface area contributed by atoms with Crippen molar-refractivity contribution in [1.29, 1.82) is 0 Å². The summed E-state index contributed by atoms with van der Waals surface area (Å²) < 4.78 is 0. The van der Waals surface area contributed by atoms with E-state index in [1.807, 2.05) is 31.3 Å². The van der Waals surface area contributed by atoms with Crippen molar-refractivity contribution in [2.24, 2.45) is 0 Å². The van der Waals surface area contributed by atoms with E-state index in [0.29, 0.717) is 30.5 Å². The van der Waals surface area contributed by atoms with Gasteiger partial charge in [-0.05, 0) is 44.0 Å². The SMILES string of the molecule is CNCCCNC(=O)CCCN1C(=O)c2cccc3cccc(c23)C1=O. The fraction of sp³-hybridized carbons (Fsp3) is 0.350. The quantitative estimate of drug-likeness (QED) is 0.562. The lowest BCUT2D eigenvalue weighted by molar-refractivity contribution is -0.121. The van der Waals surface area contributed by atoms with Gasteiger partial charge in [-0.25, -0.2) is 0 Å². The third kappa shape index (κ3) is 3.60. The van der Waals surface area contributed by atoms with Crippen molar-refractivity contribution in [3.63, 3.8) is 0 Å². The molecule has 1 heterocycles. The molecule has 26 heavy (non-hydrogen) atoms. The lowest BCUT2D eigenvalue weighted by atomic mass is 9.94. The van der Waals surface area contributed by atoms with Crippen molar-refractivity contribution < 1.29 is 14.4 Å². The topological polar surface area (TPSA) is 78.5 Å². The number of nitrogens with one attached hydrogen (secondary N) is 2. The van der Waals surface area contributed by atoms with Crippen LogP contribution in [0.25, 0.3) is 10.8 Å². The second kappa shape index (κ2) is 8.10. The van der Waals surface area contributed by atoms with Crippen molar-refractivity contribution in [1.82, 2.24) is 15.5 Å². The average Bonchev–Trinajstić information content (AvgIpc) is 2.66. The maximum atomic E-state index is 12.7. The van der Waals surface area contributed by atoms with E-state index in [0.717, 1.165) is 23.7 Å². The molecule has 136 valence electrons. The molecule has 0 saturated heterocycles. The van der Waals surface area contributed by atoms with Crippen LogP contribution in [-0.2, 0) is 4.79 Å². The Labute approximate surface area is 152 Å². The zero-order valence-electron chi connectivity index (χ0n) is 14.9. The summed E-state index contributed by atoms with van der Waals surface area (Å²) in [4.78, 5) is 38.6. The Morgan fingerprint density at radius 3 is 2.23 bits per heavy atom. The van der Waals surface area contributed by atoms with Crippen LogP contribution in [0.3, 0.4) is 0 Å². The summed E-state index contributed by atoms with van der Waals surface area (Å²) in [5, 5.41) is 7.48. The predicted octanol–water partition coefficient (Wildman–Crippen LogP) is 1.94. The number of carbonyl (C=O) groups excluding carboxylic acids is 3. The fourth-order valence-corrected chi connectivity index (χ4v) is 3.26. The molecule has 3 amide bonds. The molecule has 6 nitrogen and oxygen atoms in total. The van der Waals surface area contributed by atoms with E-state index >= 15 is 0 Å². The number of benzene rings is 2. The van der Waals surface area contributed by atoms with E-state index in [2.05, 4.69) is 10.6 Å². The monoisotopic (exact) mass is 353 g/mol. The van der Waals surface area contributed by atoms with Gasteiger partial charge in [-0.1, -0.05) is 24.3 Å². The molecule has 0 aromatic heterocycles. The Hall–Kier alpha value is -2.73. The summed E-state index contributed by atoms with van der Waals surface area (Å²) in [6.07, 6.45) is 1.61. The van der Waals surface area contributed by atoms with Crippen LogP contribution in [-0.4, -0.2) is 49.3 Å². The van der Waals surface area contributed by atoms with Crippen LogP contribution < -0.4 is 10.6 Å². The minimum atomic E-state index is -0.284. The summed E-state index contributed by atoms with van der Waals surface area (Å²) >= 11 is 0. The minimum Gasteiger partial charge on any atom is -0.356 e. The van der Waals surface area contributed by atoms with Crippen LogP contribution in [0.2, 0.25) is 0 Å². The van der Waals surface area contributed by atoms with Crippen LogP contribution in [0.5, 0.6) is 0 Å². The molecule has 2 aromatic rings. The number of hydrogen-bond donors (Lipinski definition) is 2. The van der Waals surface area contributed by atoms with Gasteiger partial charge in [0.25, 0.3) is 11.8 Å². The molecule has 1 aliphatic heterocycles. The van der Waals surface area contributed by atoms with Crippen LogP contribution in [0, 0.1) is 0 Å². The molecule has 0 unspecified atom stereocenters. The molecule has 0 spiro atoms. The first-order valence-corrected chi connectivity index (χ1v) is 8.92. The molecule has 0 bridgehead atoms. The van der Waals surface area contributed by atoms with E-state index in [9.17, 15) is 14.4 Å². The van der Waals surface area contributed by atoms with Gasteiger partial charge in [0.2, 0.25) is 5.91 Å². The minimum absolute atomic E-state index is 0.0551. The van der Waals surface area contributed by atoms with Crippen molar-refractivity contribution >= 4 is 28.5 Å². The van der Waals surface area contributed by atoms with Crippen LogP contribution in [0.4, 0.5) is 0 Å². The van der Waals surface area contributed by atoms with Crippen molar-refractivity contribution in [3.8, 4) is 0 Å². The molecule has 0 fully saturated rings. The zero-order valence-corrected chi connectivity index (χ0v) is 14.9. The molecule has 1 aliphatic rings. The maximum absolute atomic E-state index is 12.7. The summed E-state index contributed by atoms with van der Waals surface area (Å²) in [6, 6.07) is 11.0. The highest BCUT2D eigenvalue weighted by molar-refractivity contribution is 6.25. The Balaban J connectivity index is 1.63. The average molecular weight is 353 g/mol. The second-order valence-corrected chi connectivity index (χ2v) is 6.38. The van der Waals surface area contributed by atoms with E-state index in [4.69, 9.17) is 0 Å². The van der Waals surface area contributed by atoms with Gasteiger partial charge >= 0.3 is 0 Å². The molecule has 6 heteroatoms. The first-order valence-electron chi connectivity index (χ1n) is 8.92. The van der Waals surface area contributed by atoms with Crippen molar-refractivity contribution in [2.45, 2.75) is 19.3 Å². The summed E-state index contributed by atoms with van der Waals surface area (Å²) in [5.74, 6) is -0.622. The Morgan fingerprint density at radius 2 is 1.62 bits per heavy atom. The van der Waals surface area contributed by atoms with E-state index in [-0.39, 0.29) is 24.3 Å². The van der Waals surface area contributed by atoms with Crippen molar-refractivity contribution in [3.05, 3.63) is 47.5 Å². The van der Waals surface area contributed by atoms with Gasteiger partial charge in [0.05, 0.1) is 0 Å². The molecule has 0 radical (unpaired) electrons. The number of hydrogen-bond acceptors (Lipinski definition) is 4. The number of rotatable bonds is 8. The molecule has 0 atom stereocenters. The normalized spacial score (nSPS) is 13.3. The molecule has 2 N–H and O–H groups in total. The van der Waals surface area contributed by atoms with E-state index < -0.39 is 0 Å². The smallest absolute Gasteiger partial charge is 0.261 e. The maximum Gasteiger partial charge on any atom is 0.261 e. The summed E-state index contributed by atoms with van der Waals surface area (Å²) in [7, 11) is 1.87. The second-order valence-electron chi connectivity index (χ2n) is 6.38. The van der Waals surface area contributed by atoms with Gasteiger partial charge in [0, 0.05) is 36.0 Å². The van der Waals surface area contributed by atoms with Gasteiger partial charge < -0.3 is 10.6 Å². The lowest BCUT2D eigenvalue weighted by Gasteiger charge is -2.27. The number of imide groups is 1. The molecule has 3 rings (SSSR count). The van der Waals surface area contributed by atoms with Gasteiger partial charge in [-0.15, -0.1) is 0 Å². The zero-order chi connectivity index (χ0) is 18.5. The Bertz CT molecular complexity index is 797. The first-order chi connectivity index (χ1) is 12.6. The highest BCUT2D eigenvalue weighted by atomic mass is 16.2. The van der Waals surface area contributed by atoms with E-state index in [1.54, 1.807) is 12.1 Å². The summed E-state index contributed by atoms with van der Waals surface area (Å²) in [5.41, 5.74) is 1.10. The van der Waals surface area contributed by atoms with Crippen molar-refractivity contribution in [2.75, 3.05) is 26.7 Å². The van der Waals surface area contributed by atoms with Crippen LogP contribution >= 0.6 is 0 Å². The standard InChI is InChI=1S/C20H23N3O3/c1-21-11-5-12-22-17(24)10-4-13-23-19(25)15-8-2-6-14-7-3-9-16(18(14)15)20(23)26/h2-3,6-9,21H,4-5,10-13H2,1H3,(H,22,24). The number of amides is 3. The highest BCUT2D eigenvalue weighted by Crippen LogP contribution is 2.29. The molecular weight excluding hydrogens is 330 g/mol. The first kappa shape index (κ1) is 18.1. The molecule has 0 saturated carbocycles. The Morgan fingerprint density at radius 1 is 0.962 bits per heavy atom.